The number of benzene rings is 2. The highest BCUT2D eigenvalue weighted by Crippen LogP contribution is 2.26. The molecule has 0 aliphatic rings. The van der Waals surface area contributed by atoms with Crippen molar-refractivity contribution < 1.29 is 24.2 Å². The molecular weight excluding hydrogens is 296 g/mol. The van der Waals surface area contributed by atoms with E-state index in [0.717, 1.165) is 5.56 Å². The second kappa shape index (κ2) is 7.79. The van der Waals surface area contributed by atoms with E-state index in [0.29, 0.717) is 17.6 Å². The predicted octanol–water partition coefficient (Wildman–Crippen LogP) is 2.87. The van der Waals surface area contributed by atoms with Crippen molar-refractivity contribution in [2.24, 2.45) is 0 Å². The number of allylic oxidation sites excluding steroid dienone is 1. The van der Waals surface area contributed by atoms with Crippen LogP contribution in [0, 0.1) is 0 Å². The van der Waals surface area contributed by atoms with Crippen LogP contribution in [0.15, 0.2) is 48.5 Å². The molecule has 0 spiro atoms. The fourth-order valence-corrected chi connectivity index (χ4v) is 1.91. The van der Waals surface area contributed by atoms with Crippen molar-refractivity contribution >= 4 is 18.1 Å². The van der Waals surface area contributed by atoms with E-state index in [4.69, 9.17) is 9.47 Å². The van der Waals surface area contributed by atoms with Crippen LogP contribution >= 0.6 is 0 Å². The Bertz CT molecular complexity index is 717. The standard InChI is InChI=1S/C18H16O5/c1-22-18-11-14(6-9-16(18)20)17(21)12-23-15-7-4-13(5-8-15)3-2-10-19/h2-11,20H,12H2,1H3. The molecule has 0 atom stereocenters. The molecule has 2 rings (SSSR count). The first-order chi connectivity index (χ1) is 11.1. The van der Waals surface area contributed by atoms with Crippen molar-refractivity contribution in [3.05, 3.63) is 59.7 Å². The Morgan fingerprint density at radius 2 is 1.91 bits per heavy atom. The SMILES string of the molecule is COc1cc(C(=O)COc2ccc(C=CC=O)cc2)ccc1O. The van der Waals surface area contributed by atoms with Gasteiger partial charge in [0, 0.05) is 5.56 Å². The van der Waals surface area contributed by atoms with Crippen molar-refractivity contribution in [1.29, 1.82) is 0 Å². The van der Waals surface area contributed by atoms with Gasteiger partial charge < -0.3 is 14.6 Å². The van der Waals surface area contributed by atoms with Gasteiger partial charge in [0.1, 0.15) is 12.0 Å². The molecule has 0 heterocycles. The van der Waals surface area contributed by atoms with Crippen LogP contribution in [0.1, 0.15) is 15.9 Å². The molecule has 0 aliphatic carbocycles. The topological polar surface area (TPSA) is 72.8 Å². The number of carbonyl (C=O) groups excluding carboxylic acids is 2. The largest absolute Gasteiger partial charge is 0.504 e. The second-order valence-electron chi connectivity index (χ2n) is 4.66. The van der Waals surface area contributed by atoms with E-state index >= 15 is 0 Å². The van der Waals surface area contributed by atoms with Gasteiger partial charge in [-0.15, -0.1) is 0 Å². The molecule has 2 aromatic carbocycles. The quantitative estimate of drug-likeness (QED) is 0.483. The number of aromatic hydroxyl groups is 1. The molecule has 5 heteroatoms. The number of hydrogen-bond donors (Lipinski definition) is 1. The maximum Gasteiger partial charge on any atom is 0.200 e. The zero-order valence-corrected chi connectivity index (χ0v) is 12.6. The van der Waals surface area contributed by atoms with Crippen LogP contribution in [0.3, 0.4) is 0 Å². The number of carbonyl (C=O) groups is 2. The highest BCUT2D eigenvalue weighted by Gasteiger charge is 2.10. The molecule has 2 aromatic rings. The van der Waals surface area contributed by atoms with Gasteiger partial charge >= 0.3 is 0 Å². The molecular formula is C18H16O5. The number of methoxy groups -OCH3 is 1. The fraction of sp³-hybridized carbons (Fsp3) is 0.111. The van der Waals surface area contributed by atoms with E-state index in [-0.39, 0.29) is 23.9 Å². The molecule has 23 heavy (non-hydrogen) atoms. The van der Waals surface area contributed by atoms with Gasteiger partial charge in [-0.3, -0.25) is 9.59 Å². The van der Waals surface area contributed by atoms with E-state index in [1.54, 1.807) is 30.3 Å². The Kier molecular flexibility index (Phi) is 5.52. The number of aldehydes is 1. The van der Waals surface area contributed by atoms with E-state index in [2.05, 4.69) is 0 Å². The molecule has 0 aromatic heterocycles. The number of hydrogen-bond acceptors (Lipinski definition) is 5. The fourth-order valence-electron chi connectivity index (χ4n) is 1.91. The molecule has 118 valence electrons. The Morgan fingerprint density at radius 1 is 1.17 bits per heavy atom. The van der Waals surface area contributed by atoms with Crippen LogP contribution < -0.4 is 9.47 Å². The highest BCUT2D eigenvalue weighted by atomic mass is 16.5. The average molecular weight is 312 g/mol. The van der Waals surface area contributed by atoms with Crippen molar-refractivity contribution in [3.63, 3.8) is 0 Å². The van der Waals surface area contributed by atoms with E-state index in [1.165, 1.54) is 31.4 Å². The molecule has 0 bridgehead atoms. The van der Waals surface area contributed by atoms with E-state index < -0.39 is 0 Å². The number of phenols is 1. The Balaban J connectivity index is 1.98. The summed E-state index contributed by atoms with van der Waals surface area (Å²) >= 11 is 0. The van der Waals surface area contributed by atoms with Crippen LogP contribution in [0.2, 0.25) is 0 Å². The molecule has 5 nitrogen and oxygen atoms in total. The molecule has 0 aliphatic heterocycles. The van der Waals surface area contributed by atoms with Crippen LogP contribution in [-0.2, 0) is 4.79 Å². The first-order valence-electron chi connectivity index (χ1n) is 6.89. The molecule has 0 saturated carbocycles. The first kappa shape index (κ1) is 16.3. The predicted molar refractivity (Wildman–Crippen MR) is 86.0 cm³/mol. The molecule has 0 amide bonds. The minimum absolute atomic E-state index is 0.0241. The summed E-state index contributed by atoms with van der Waals surface area (Å²) in [5.41, 5.74) is 1.25. The third kappa shape index (κ3) is 4.44. The molecule has 0 saturated heterocycles. The molecule has 0 fully saturated rings. The van der Waals surface area contributed by atoms with Gasteiger partial charge in [0.2, 0.25) is 0 Å². The number of phenolic OH excluding ortho intramolecular Hbond substituents is 1. The van der Waals surface area contributed by atoms with Gasteiger partial charge in [-0.25, -0.2) is 0 Å². The summed E-state index contributed by atoms with van der Waals surface area (Å²) < 4.78 is 10.4. The lowest BCUT2D eigenvalue weighted by atomic mass is 10.1. The summed E-state index contributed by atoms with van der Waals surface area (Å²) in [5, 5.41) is 9.52. The lowest BCUT2D eigenvalue weighted by molar-refractivity contribution is -0.104. The zero-order chi connectivity index (χ0) is 16.7. The summed E-state index contributed by atoms with van der Waals surface area (Å²) in [7, 11) is 1.42. The van der Waals surface area contributed by atoms with Crippen molar-refractivity contribution in [2.45, 2.75) is 0 Å². The maximum absolute atomic E-state index is 12.1. The number of Topliss-reactive ketones (excluding diaryl/α,β-unsaturated/α-hetero) is 1. The van der Waals surface area contributed by atoms with E-state index in [9.17, 15) is 14.7 Å². The number of rotatable bonds is 7. The lowest BCUT2D eigenvalue weighted by Crippen LogP contribution is -2.11. The summed E-state index contributed by atoms with van der Waals surface area (Å²) in [5.74, 6) is 0.534. The maximum atomic E-state index is 12.1. The minimum Gasteiger partial charge on any atom is -0.504 e. The number of ketones is 1. The van der Waals surface area contributed by atoms with Crippen LogP contribution in [0.4, 0.5) is 0 Å². The van der Waals surface area contributed by atoms with Gasteiger partial charge in [-0.1, -0.05) is 18.2 Å². The summed E-state index contributed by atoms with van der Waals surface area (Å²) in [6.45, 7) is -0.128. The van der Waals surface area contributed by atoms with E-state index in [1.807, 2.05) is 0 Å². The summed E-state index contributed by atoms with van der Waals surface area (Å²) in [4.78, 5) is 22.3. The average Bonchev–Trinajstić information content (AvgIpc) is 2.59. The minimum atomic E-state index is -0.228. The van der Waals surface area contributed by atoms with Crippen LogP contribution in [0.5, 0.6) is 17.2 Å². The monoisotopic (exact) mass is 312 g/mol. The zero-order valence-electron chi connectivity index (χ0n) is 12.6. The summed E-state index contributed by atoms with van der Waals surface area (Å²) in [6.07, 6.45) is 3.78. The van der Waals surface area contributed by atoms with Crippen molar-refractivity contribution in [3.8, 4) is 17.2 Å². The van der Waals surface area contributed by atoms with Crippen molar-refractivity contribution in [1.82, 2.24) is 0 Å². The van der Waals surface area contributed by atoms with Crippen LogP contribution in [-0.4, -0.2) is 30.9 Å². The van der Waals surface area contributed by atoms with Crippen LogP contribution in [0.25, 0.3) is 6.08 Å². The lowest BCUT2D eigenvalue weighted by Gasteiger charge is -2.08. The third-order valence-corrected chi connectivity index (χ3v) is 3.12. The molecule has 0 radical (unpaired) electrons. The highest BCUT2D eigenvalue weighted by molar-refractivity contribution is 5.97. The smallest absolute Gasteiger partial charge is 0.200 e. The Labute approximate surface area is 133 Å². The summed E-state index contributed by atoms with van der Waals surface area (Å²) in [6, 6.07) is 11.4. The van der Waals surface area contributed by atoms with Gasteiger partial charge in [-0.2, -0.15) is 0 Å². The molecule has 1 N–H and O–H groups in total. The third-order valence-electron chi connectivity index (χ3n) is 3.12. The molecule has 0 unspecified atom stereocenters. The Morgan fingerprint density at radius 3 is 2.57 bits per heavy atom. The second-order valence-corrected chi connectivity index (χ2v) is 4.66. The van der Waals surface area contributed by atoms with Gasteiger partial charge in [0.05, 0.1) is 7.11 Å². The van der Waals surface area contributed by atoms with Gasteiger partial charge in [0.25, 0.3) is 0 Å². The van der Waals surface area contributed by atoms with Crippen molar-refractivity contribution in [2.75, 3.05) is 13.7 Å². The van der Waals surface area contributed by atoms with Gasteiger partial charge in [-0.05, 0) is 42.0 Å². The van der Waals surface area contributed by atoms with Gasteiger partial charge in [0.15, 0.2) is 23.9 Å². The number of ether oxygens (including phenoxy) is 2. The normalized spacial score (nSPS) is 10.5. The Hall–Kier alpha value is -3.08. The first-order valence-corrected chi connectivity index (χ1v) is 6.89.